The van der Waals surface area contributed by atoms with Crippen LogP contribution < -0.4 is 24.4 Å². The highest BCUT2D eigenvalue weighted by Crippen LogP contribution is 2.38. The van der Waals surface area contributed by atoms with Crippen molar-refractivity contribution in [3.63, 3.8) is 0 Å². The van der Waals surface area contributed by atoms with Crippen LogP contribution >= 0.6 is 56.5 Å². The van der Waals surface area contributed by atoms with Gasteiger partial charge in [-0.15, -0.1) is 0 Å². The van der Waals surface area contributed by atoms with E-state index in [1.807, 2.05) is 6.07 Å². The summed E-state index contributed by atoms with van der Waals surface area (Å²) in [6.45, 7) is 3.61. The van der Waals surface area contributed by atoms with Crippen LogP contribution in [-0.2, 0) is 9.53 Å². The second-order valence-corrected chi connectivity index (χ2v) is 11.2. The Kier molecular flexibility index (Phi) is 8.09. The Morgan fingerprint density at radius 2 is 1.97 bits per heavy atom. The second-order valence-electron chi connectivity index (χ2n) is 7.74. The van der Waals surface area contributed by atoms with Gasteiger partial charge in [0.25, 0.3) is 5.56 Å². The largest absolute Gasteiger partial charge is 0.506 e. The topological polar surface area (TPSA) is 99.4 Å². The van der Waals surface area contributed by atoms with Crippen LogP contribution in [0.5, 0.6) is 17.2 Å². The minimum Gasteiger partial charge on any atom is -0.506 e. The molecule has 4 rings (SSSR count). The number of fused-ring (bicyclic) bond motifs is 1. The number of phenolic OH excluding ortho intramolecular Hbond substituents is 1. The van der Waals surface area contributed by atoms with Gasteiger partial charge in [-0.05, 0) is 95.4 Å². The number of halogens is 2. The SMILES string of the molecule is CCOC(=O)C1=C(C)N=c2s/c(=C\c3cc(I)cc(I)c3O)c(=O)n2[C@@H]1c1cc(OC)ccc1OC. The summed E-state index contributed by atoms with van der Waals surface area (Å²) in [7, 11) is 3.07. The number of benzene rings is 2. The van der Waals surface area contributed by atoms with E-state index in [4.69, 9.17) is 14.2 Å². The summed E-state index contributed by atoms with van der Waals surface area (Å²) in [6.07, 6.45) is 1.65. The number of esters is 1. The van der Waals surface area contributed by atoms with Crippen LogP contribution in [0.25, 0.3) is 6.08 Å². The zero-order valence-corrected chi connectivity index (χ0v) is 24.9. The lowest BCUT2D eigenvalue weighted by Gasteiger charge is -2.26. The third-order valence-corrected chi connectivity index (χ3v) is 8.02. The summed E-state index contributed by atoms with van der Waals surface area (Å²) < 4.78 is 19.8. The van der Waals surface area contributed by atoms with E-state index >= 15 is 0 Å². The summed E-state index contributed by atoms with van der Waals surface area (Å²) in [6, 6.07) is 8.01. The highest BCUT2D eigenvalue weighted by atomic mass is 127. The lowest BCUT2D eigenvalue weighted by molar-refractivity contribution is -0.139. The van der Waals surface area contributed by atoms with Crippen LogP contribution in [-0.4, -0.2) is 36.5 Å². The Morgan fingerprint density at radius 1 is 1.22 bits per heavy atom. The fraction of sp³-hybridized carbons (Fsp3) is 0.240. The number of ether oxygens (including phenoxy) is 3. The van der Waals surface area contributed by atoms with Crippen LogP contribution in [0.4, 0.5) is 0 Å². The van der Waals surface area contributed by atoms with E-state index in [2.05, 4.69) is 50.2 Å². The standard InChI is InChI=1S/C25H22I2N2O6S/c1-5-35-24(32)20-12(2)28-25-29(21(20)16-11-15(33-3)6-7-18(16)34-4)23(31)19(36-25)9-13-8-14(26)10-17(27)22(13)30/h6-11,21,30H,5H2,1-4H3/b19-9-/t21-/m1/s1. The molecule has 3 aromatic rings. The molecule has 1 N–H and O–H groups in total. The van der Waals surface area contributed by atoms with E-state index in [0.29, 0.717) is 41.2 Å². The van der Waals surface area contributed by atoms with Crippen molar-refractivity contribution in [1.29, 1.82) is 0 Å². The zero-order chi connectivity index (χ0) is 26.1. The fourth-order valence-electron chi connectivity index (χ4n) is 3.98. The average Bonchev–Trinajstić information content (AvgIpc) is 3.15. The molecule has 36 heavy (non-hydrogen) atoms. The molecule has 0 unspecified atom stereocenters. The summed E-state index contributed by atoms with van der Waals surface area (Å²) >= 11 is 5.40. The van der Waals surface area contributed by atoms with Crippen LogP contribution in [0, 0.1) is 7.14 Å². The predicted molar refractivity (Wildman–Crippen MR) is 153 cm³/mol. The van der Waals surface area contributed by atoms with Crippen molar-refractivity contribution in [2.75, 3.05) is 20.8 Å². The van der Waals surface area contributed by atoms with Gasteiger partial charge < -0.3 is 19.3 Å². The van der Waals surface area contributed by atoms with Crippen molar-refractivity contribution < 1.29 is 24.1 Å². The van der Waals surface area contributed by atoms with Gasteiger partial charge in [0.05, 0.1) is 40.2 Å². The molecule has 0 saturated carbocycles. The maximum Gasteiger partial charge on any atom is 0.338 e. The second kappa shape index (κ2) is 10.9. The van der Waals surface area contributed by atoms with Gasteiger partial charge in [-0.25, -0.2) is 9.79 Å². The molecule has 2 heterocycles. The summed E-state index contributed by atoms with van der Waals surface area (Å²) in [4.78, 5) is 31.9. The number of carbonyl (C=O) groups excluding carboxylic acids is 1. The molecule has 1 aliphatic heterocycles. The normalized spacial score (nSPS) is 15.4. The fourth-order valence-corrected chi connectivity index (χ4v) is 6.90. The van der Waals surface area contributed by atoms with Crippen molar-refractivity contribution in [1.82, 2.24) is 4.57 Å². The van der Waals surface area contributed by atoms with Crippen LogP contribution in [0.3, 0.4) is 0 Å². The summed E-state index contributed by atoms with van der Waals surface area (Å²) in [5.41, 5.74) is 1.43. The molecule has 0 spiro atoms. The minimum atomic E-state index is -0.850. The molecule has 0 bridgehead atoms. The lowest BCUT2D eigenvalue weighted by atomic mass is 9.94. The van der Waals surface area contributed by atoms with E-state index in [0.717, 1.165) is 3.57 Å². The zero-order valence-electron chi connectivity index (χ0n) is 19.8. The van der Waals surface area contributed by atoms with Crippen LogP contribution in [0.15, 0.2) is 51.4 Å². The minimum absolute atomic E-state index is 0.0938. The number of phenols is 1. The molecule has 0 aliphatic carbocycles. The van der Waals surface area contributed by atoms with Crippen molar-refractivity contribution in [2.24, 2.45) is 4.99 Å². The number of hydrogen-bond acceptors (Lipinski definition) is 8. The van der Waals surface area contributed by atoms with E-state index in [1.165, 1.54) is 23.0 Å². The number of nitrogens with zero attached hydrogens (tertiary/aromatic N) is 2. The maximum absolute atomic E-state index is 13.8. The smallest absolute Gasteiger partial charge is 0.338 e. The average molecular weight is 732 g/mol. The summed E-state index contributed by atoms with van der Waals surface area (Å²) in [5.74, 6) is 0.560. The van der Waals surface area contributed by atoms with Gasteiger partial charge in [0.1, 0.15) is 23.3 Å². The number of aromatic hydroxyl groups is 1. The van der Waals surface area contributed by atoms with Crippen LogP contribution in [0.1, 0.15) is 31.0 Å². The number of aromatic nitrogens is 1. The highest BCUT2D eigenvalue weighted by Gasteiger charge is 2.35. The quantitative estimate of drug-likeness (QED) is 0.307. The van der Waals surface area contributed by atoms with Crippen molar-refractivity contribution in [3.05, 3.63) is 79.6 Å². The molecule has 0 fully saturated rings. The van der Waals surface area contributed by atoms with E-state index < -0.39 is 12.0 Å². The predicted octanol–water partition coefficient (Wildman–Crippen LogP) is 3.73. The molecule has 8 nitrogen and oxygen atoms in total. The first-order valence-corrected chi connectivity index (χ1v) is 13.8. The Morgan fingerprint density at radius 3 is 2.64 bits per heavy atom. The summed E-state index contributed by atoms with van der Waals surface area (Å²) in [5, 5.41) is 10.6. The van der Waals surface area contributed by atoms with Gasteiger partial charge in [0, 0.05) is 14.7 Å². The Labute approximate surface area is 238 Å². The lowest BCUT2D eigenvalue weighted by Crippen LogP contribution is -2.40. The van der Waals surface area contributed by atoms with E-state index in [-0.39, 0.29) is 23.5 Å². The Bertz CT molecular complexity index is 1570. The van der Waals surface area contributed by atoms with Crippen molar-refractivity contribution in [3.8, 4) is 17.2 Å². The van der Waals surface area contributed by atoms with Gasteiger partial charge in [-0.1, -0.05) is 11.3 Å². The number of rotatable bonds is 6. The first kappa shape index (κ1) is 26.7. The van der Waals surface area contributed by atoms with E-state index in [9.17, 15) is 14.7 Å². The first-order valence-electron chi connectivity index (χ1n) is 10.8. The Hall–Kier alpha value is -2.39. The molecule has 0 saturated heterocycles. The number of allylic oxidation sites excluding steroid dienone is 1. The molecule has 188 valence electrons. The number of hydrogen-bond donors (Lipinski definition) is 1. The van der Waals surface area contributed by atoms with Crippen molar-refractivity contribution in [2.45, 2.75) is 19.9 Å². The van der Waals surface area contributed by atoms with E-state index in [1.54, 1.807) is 51.3 Å². The van der Waals surface area contributed by atoms with Gasteiger partial charge in [-0.2, -0.15) is 0 Å². The molecule has 0 radical (unpaired) electrons. The van der Waals surface area contributed by atoms with Gasteiger partial charge >= 0.3 is 5.97 Å². The van der Waals surface area contributed by atoms with Gasteiger partial charge in [-0.3, -0.25) is 9.36 Å². The molecule has 2 aromatic carbocycles. The maximum atomic E-state index is 13.8. The molecule has 1 atom stereocenters. The number of thiazole rings is 1. The molecular weight excluding hydrogens is 710 g/mol. The molecule has 1 aromatic heterocycles. The molecule has 1 aliphatic rings. The first-order chi connectivity index (χ1) is 17.2. The van der Waals surface area contributed by atoms with Crippen LogP contribution in [0.2, 0.25) is 0 Å². The third kappa shape index (κ3) is 4.92. The third-order valence-electron chi connectivity index (χ3n) is 5.59. The van der Waals surface area contributed by atoms with Gasteiger partial charge in [0.15, 0.2) is 4.80 Å². The van der Waals surface area contributed by atoms with Crippen molar-refractivity contribution >= 4 is 68.6 Å². The number of methoxy groups -OCH3 is 2. The van der Waals surface area contributed by atoms with Gasteiger partial charge in [0.2, 0.25) is 0 Å². The number of carbonyl (C=O) groups is 1. The molecule has 11 heteroatoms. The molecular formula is C25H22I2N2O6S. The molecule has 0 amide bonds. The Balaban J connectivity index is 2.04. The monoisotopic (exact) mass is 732 g/mol. The highest BCUT2D eigenvalue weighted by molar-refractivity contribution is 14.1.